The molecule has 2 saturated heterocycles. The number of benzene rings is 1. The van der Waals surface area contributed by atoms with E-state index in [4.69, 9.17) is 4.74 Å². The molecule has 2 fully saturated rings. The van der Waals surface area contributed by atoms with Crippen molar-refractivity contribution in [3.05, 3.63) is 45.9 Å². The Kier molecular flexibility index (Phi) is 5.80. The maximum atomic E-state index is 13.7. The van der Waals surface area contributed by atoms with E-state index in [2.05, 4.69) is 42.8 Å². The predicted molar refractivity (Wildman–Crippen MR) is 111 cm³/mol. The maximum Gasteiger partial charge on any atom is 0.233 e. The first-order chi connectivity index (χ1) is 13.2. The van der Waals surface area contributed by atoms with Crippen LogP contribution in [0.3, 0.4) is 0 Å². The van der Waals surface area contributed by atoms with Crippen molar-refractivity contribution in [2.75, 3.05) is 44.3 Å². The van der Waals surface area contributed by atoms with Crippen molar-refractivity contribution in [3.8, 4) is 0 Å². The van der Waals surface area contributed by atoms with Gasteiger partial charge in [-0.3, -0.25) is 4.79 Å². The average Bonchev–Trinajstić information content (AvgIpc) is 3.13. The van der Waals surface area contributed by atoms with Crippen LogP contribution in [0.15, 0.2) is 40.3 Å². The monoisotopic (exact) mass is 449 g/mol. The summed E-state index contributed by atoms with van der Waals surface area (Å²) in [5.41, 5.74) is 0.648. The molecule has 0 atom stereocenters. The second-order valence-corrected chi connectivity index (χ2v) is 8.94. The zero-order valence-electron chi connectivity index (χ0n) is 15.3. The third kappa shape index (κ3) is 3.91. The van der Waals surface area contributed by atoms with Gasteiger partial charge in [0.25, 0.3) is 0 Å². The molecule has 1 aromatic heterocycles. The van der Waals surface area contributed by atoms with E-state index in [0.29, 0.717) is 13.2 Å². The molecule has 3 heterocycles. The SMILES string of the molecule is O=C(N1CCCN(c2nccs2)CC1)C1(c2ccc(Br)cc2)CCOCC1. The molecule has 5 nitrogen and oxygen atoms in total. The van der Waals surface area contributed by atoms with E-state index in [1.165, 1.54) is 0 Å². The normalized spacial score (nSPS) is 20.3. The van der Waals surface area contributed by atoms with Gasteiger partial charge < -0.3 is 14.5 Å². The fourth-order valence-corrected chi connectivity index (χ4v) is 5.06. The second kappa shape index (κ2) is 8.29. The van der Waals surface area contributed by atoms with E-state index in [1.807, 2.05) is 23.7 Å². The molecule has 2 aliphatic heterocycles. The van der Waals surface area contributed by atoms with Crippen LogP contribution in [-0.4, -0.2) is 55.2 Å². The lowest BCUT2D eigenvalue weighted by molar-refractivity contribution is -0.141. The van der Waals surface area contributed by atoms with Crippen LogP contribution in [-0.2, 0) is 14.9 Å². The summed E-state index contributed by atoms with van der Waals surface area (Å²) in [6.07, 6.45) is 4.32. The van der Waals surface area contributed by atoms with E-state index in [-0.39, 0.29) is 5.91 Å². The van der Waals surface area contributed by atoms with Gasteiger partial charge in [-0.25, -0.2) is 4.98 Å². The van der Waals surface area contributed by atoms with Gasteiger partial charge in [-0.2, -0.15) is 0 Å². The number of nitrogens with zero attached hydrogens (tertiary/aromatic N) is 3. The number of halogens is 1. The molecular formula is C20H24BrN3O2S. The number of hydrogen-bond acceptors (Lipinski definition) is 5. The Morgan fingerprint density at radius 3 is 2.59 bits per heavy atom. The Hall–Kier alpha value is -1.44. The highest BCUT2D eigenvalue weighted by Crippen LogP contribution is 2.37. The Balaban J connectivity index is 1.55. The molecule has 2 aliphatic rings. The van der Waals surface area contributed by atoms with Crippen molar-refractivity contribution in [2.24, 2.45) is 0 Å². The Morgan fingerprint density at radius 2 is 1.89 bits per heavy atom. The van der Waals surface area contributed by atoms with Gasteiger partial charge in [0.05, 0.1) is 5.41 Å². The van der Waals surface area contributed by atoms with Gasteiger partial charge in [0.2, 0.25) is 5.91 Å². The highest BCUT2D eigenvalue weighted by Gasteiger charge is 2.44. The molecule has 7 heteroatoms. The minimum Gasteiger partial charge on any atom is -0.381 e. The van der Waals surface area contributed by atoms with Crippen molar-refractivity contribution in [1.29, 1.82) is 0 Å². The van der Waals surface area contributed by atoms with Crippen molar-refractivity contribution in [1.82, 2.24) is 9.88 Å². The summed E-state index contributed by atoms with van der Waals surface area (Å²) in [4.78, 5) is 22.5. The Morgan fingerprint density at radius 1 is 1.11 bits per heavy atom. The van der Waals surface area contributed by atoms with E-state index >= 15 is 0 Å². The molecule has 0 aliphatic carbocycles. The van der Waals surface area contributed by atoms with Crippen molar-refractivity contribution >= 4 is 38.3 Å². The Labute approximate surface area is 172 Å². The first kappa shape index (κ1) is 18.9. The summed E-state index contributed by atoms with van der Waals surface area (Å²) in [5.74, 6) is 0.258. The lowest BCUT2D eigenvalue weighted by atomic mass is 9.73. The number of carbonyl (C=O) groups excluding carboxylic acids is 1. The first-order valence-electron chi connectivity index (χ1n) is 9.47. The molecule has 0 radical (unpaired) electrons. The van der Waals surface area contributed by atoms with Crippen molar-refractivity contribution < 1.29 is 9.53 Å². The van der Waals surface area contributed by atoms with Gasteiger partial charge in [0.15, 0.2) is 5.13 Å². The van der Waals surface area contributed by atoms with Crippen LogP contribution in [0.1, 0.15) is 24.8 Å². The van der Waals surface area contributed by atoms with Crippen LogP contribution in [0.5, 0.6) is 0 Å². The fraction of sp³-hybridized carbons (Fsp3) is 0.500. The minimum absolute atomic E-state index is 0.258. The molecule has 27 heavy (non-hydrogen) atoms. The van der Waals surface area contributed by atoms with Crippen molar-refractivity contribution in [3.63, 3.8) is 0 Å². The zero-order valence-corrected chi connectivity index (χ0v) is 17.7. The zero-order chi connectivity index (χ0) is 18.7. The van der Waals surface area contributed by atoms with Gasteiger partial charge >= 0.3 is 0 Å². The first-order valence-corrected chi connectivity index (χ1v) is 11.1. The van der Waals surface area contributed by atoms with Crippen molar-refractivity contribution in [2.45, 2.75) is 24.7 Å². The van der Waals surface area contributed by atoms with Crippen LogP contribution in [0.4, 0.5) is 5.13 Å². The average molecular weight is 450 g/mol. The number of anilines is 1. The highest BCUT2D eigenvalue weighted by atomic mass is 79.9. The van der Waals surface area contributed by atoms with Crippen LogP contribution in [0.2, 0.25) is 0 Å². The number of ether oxygens (including phenoxy) is 1. The van der Waals surface area contributed by atoms with E-state index in [0.717, 1.165) is 60.6 Å². The molecule has 0 N–H and O–H groups in total. The lowest BCUT2D eigenvalue weighted by Gasteiger charge is -2.40. The molecule has 4 rings (SSSR count). The summed E-state index contributed by atoms with van der Waals surface area (Å²) in [6, 6.07) is 8.25. The molecule has 144 valence electrons. The minimum atomic E-state index is -0.463. The van der Waals surface area contributed by atoms with Gasteiger partial charge in [-0.15, -0.1) is 11.3 Å². The summed E-state index contributed by atoms with van der Waals surface area (Å²) in [5, 5.41) is 3.06. The summed E-state index contributed by atoms with van der Waals surface area (Å²) < 4.78 is 6.64. The van der Waals surface area contributed by atoms with Crippen LogP contribution >= 0.6 is 27.3 Å². The summed E-state index contributed by atoms with van der Waals surface area (Å²) in [6.45, 7) is 4.62. The van der Waals surface area contributed by atoms with Gasteiger partial charge in [-0.05, 0) is 37.0 Å². The quantitative estimate of drug-likeness (QED) is 0.716. The Bertz CT molecular complexity index is 760. The highest BCUT2D eigenvalue weighted by molar-refractivity contribution is 9.10. The number of amides is 1. The molecule has 0 bridgehead atoms. The molecule has 0 spiro atoms. The predicted octanol–water partition coefficient (Wildman–Crippen LogP) is 3.69. The molecule has 0 saturated carbocycles. The van der Waals surface area contributed by atoms with Crippen LogP contribution in [0, 0.1) is 0 Å². The lowest BCUT2D eigenvalue weighted by Crippen LogP contribution is -2.50. The van der Waals surface area contributed by atoms with Gasteiger partial charge in [0, 0.05) is 55.4 Å². The summed E-state index contributed by atoms with van der Waals surface area (Å²) in [7, 11) is 0. The smallest absolute Gasteiger partial charge is 0.233 e. The largest absolute Gasteiger partial charge is 0.381 e. The second-order valence-electron chi connectivity index (χ2n) is 7.15. The van der Waals surface area contributed by atoms with Crippen LogP contribution < -0.4 is 4.90 Å². The number of carbonyl (C=O) groups is 1. The maximum absolute atomic E-state index is 13.7. The topological polar surface area (TPSA) is 45.7 Å². The van der Waals surface area contributed by atoms with Crippen LogP contribution in [0.25, 0.3) is 0 Å². The number of aromatic nitrogens is 1. The molecular weight excluding hydrogens is 426 g/mol. The van der Waals surface area contributed by atoms with E-state index in [1.54, 1.807) is 11.3 Å². The molecule has 0 unspecified atom stereocenters. The third-order valence-electron chi connectivity index (χ3n) is 5.63. The molecule has 1 amide bonds. The standard InChI is InChI=1S/C20H24BrN3O2S/c21-17-4-2-16(3-5-17)20(6-13-26-14-7-20)18(25)23-9-1-10-24(12-11-23)19-22-8-15-27-19/h2-5,8,15H,1,6-7,9-14H2. The molecule has 1 aromatic carbocycles. The van der Waals surface area contributed by atoms with E-state index < -0.39 is 5.41 Å². The molecule has 2 aromatic rings. The number of rotatable bonds is 3. The third-order valence-corrected chi connectivity index (χ3v) is 6.99. The van der Waals surface area contributed by atoms with Gasteiger partial charge in [-0.1, -0.05) is 28.1 Å². The fourth-order valence-electron chi connectivity index (χ4n) is 4.10. The van der Waals surface area contributed by atoms with Gasteiger partial charge in [0.1, 0.15) is 0 Å². The van der Waals surface area contributed by atoms with E-state index in [9.17, 15) is 4.79 Å². The number of thiazole rings is 1. The number of hydrogen-bond donors (Lipinski definition) is 0. The summed E-state index contributed by atoms with van der Waals surface area (Å²) >= 11 is 5.17.